The Labute approximate surface area is 136 Å². The van der Waals surface area contributed by atoms with Crippen molar-refractivity contribution in [2.75, 3.05) is 13.2 Å². The van der Waals surface area contributed by atoms with E-state index in [2.05, 4.69) is 0 Å². The average Bonchev–Trinajstić information content (AvgIpc) is 2.76. The SMILES string of the molecule is CCC(C)(CCOC(C)(C)C)OCC(=O)On1c(O)ccc1O. The maximum atomic E-state index is 11.8. The molecule has 0 spiro atoms. The van der Waals surface area contributed by atoms with Crippen molar-refractivity contribution in [1.29, 1.82) is 0 Å². The van der Waals surface area contributed by atoms with Gasteiger partial charge in [-0.25, -0.2) is 4.79 Å². The molecule has 132 valence electrons. The molecule has 0 bridgehead atoms. The average molecular weight is 329 g/mol. The largest absolute Gasteiger partial charge is 0.492 e. The third-order valence-electron chi connectivity index (χ3n) is 3.44. The number of aromatic hydroxyl groups is 2. The van der Waals surface area contributed by atoms with Gasteiger partial charge in [-0.15, -0.1) is 4.73 Å². The molecular weight excluding hydrogens is 302 g/mol. The summed E-state index contributed by atoms with van der Waals surface area (Å²) >= 11 is 0. The quantitative estimate of drug-likeness (QED) is 0.760. The number of carbonyl (C=O) groups excluding carboxylic acids is 1. The summed E-state index contributed by atoms with van der Waals surface area (Å²) < 4.78 is 12.0. The van der Waals surface area contributed by atoms with Gasteiger partial charge in [0.2, 0.25) is 11.8 Å². The van der Waals surface area contributed by atoms with Gasteiger partial charge in [0, 0.05) is 12.1 Å². The van der Waals surface area contributed by atoms with E-state index in [1.54, 1.807) is 0 Å². The number of rotatable bonds is 8. The van der Waals surface area contributed by atoms with E-state index in [1.807, 2.05) is 34.6 Å². The van der Waals surface area contributed by atoms with E-state index in [4.69, 9.17) is 14.3 Å². The van der Waals surface area contributed by atoms with Crippen LogP contribution in [-0.2, 0) is 14.3 Å². The number of nitrogens with zero attached hydrogens (tertiary/aromatic N) is 1. The highest BCUT2D eigenvalue weighted by Gasteiger charge is 2.26. The molecule has 1 rings (SSSR count). The maximum absolute atomic E-state index is 11.8. The summed E-state index contributed by atoms with van der Waals surface area (Å²) in [5.74, 6) is -1.46. The minimum Gasteiger partial charge on any atom is -0.492 e. The van der Waals surface area contributed by atoms with Gasteiger partial charge >= 0.3 is 5.97 Å². The molecule has 0 amide bonds. The standard InChI is InChI=1S/C16H27NO6/c1-6-16(5,9-10-21-15(2,3)4)22-11-14(20)23-17-12(18)7-8-13(17)19/h7-8,18-19H,6,9-11H2,1-5H3. The highest BCUT2D eigenvalue weighted by atomic mass is 16.7. The van der Waals surface area contributed by atoms with Gasteiger partial charge in [-0.3, -0.25) is 0 Å². The molecule has 0 saturated heterocycles. The first-order valence-electron chi connectivity index (χ1n) is 7.65. The van der Waals surface area contributed by atoms with Crippen molar-refractivity contribution in [3.05, 3.63) is 12.1 Å². The number of hydrogen-bond donors (Lipinski definition) is 2. The van der Waals surface area contributed by atoms with Crippen LogP contribution in [0.2, 0.25) is 0 Å². The Hall–Kier alpha value is -1.73. The summed E-state index contributed by atoms with van der Waals surface area (Å²) in [6, 6.07) is 2.42. The lowest BCUT2D eigenvalue weighted by Gasteiger charge is -2.30. The zero-order chi connectivity index (χ0) is 17.7. The van der Waals surface area contributed by atoms with Crippen molar-refractivity contribution >= 4 is 5.97 Å². The molecule has 7 nitrogen and oxygen atoms in total. The minimum absolute atomic E-state index is 0.225. The molecule has 23 heavy (non-hydrogen) atoms. The minimum atomic E-state index is -0.719. The smallest absolute Gasteiger partial charge is 0.358 e. The number of hydrogen-bond acceptors (Lipinski definition) is 6. The van der Waals surface area contributed by atoms with Crippen molar-refractivity contribution in [3.8, 4) is 11.8 Å². The normalized spacial score (nSPS) is 14.5. The zero-order valence-electron chi connectivity index (χ0n) is 14.5. The fraction of sp³-hybridized carbons (Fsp3) is 0.688. The number of ether oxygens (including phenoxy) is 2. The monoisotopic (exact) mass is 329 g/mol. The Morgan fingerprint density at radius 3 is 2.17 bits per heavy atom. The van der Waals surface area contributed by atoms with Crippen LogP contribution >= 0.6 is 0 Å². The van der Waals surface area contributed by atoms with E-state index in [9.17, 15) is 15.0 Å². The van der Waals surface area contributed by atoms with Crippen LogP contribution in [0, 0.1) is 0 Å². The van der Waals surface area contributed by atoms with Gasteiger partial charge in [-0.05, 0) is 40.5 Å². The van der Waals surface area contributed by atoms with Crippen LogP contribution < -0.4 is 4.84 Å². The van der Waals surface area contributed by atoms with Crippen LogP contribution in [0.15, 0.2) is 12.1 Å². The topological polar surface area (TPSA) is 90.2 Å². The lowest BCUT2D eigenvalue weighted by molar-refractivity contribution is -0.159. The van der Waals surface area contributed by atoms with Crippen LogP contribution in [0.1, 0.15) is 47.5 Å². The van der Waals surface area contributed by atoms with Gasteiger partial charge < -0.3 is 24.5 Å². The van der Waals surface area contributed by atoms with Crippen LogP contribution in [0.5, 0.6) is 11.8 Å². The summed E-state index contributed by atoms with van der Waals surface area (Å²) in [6.45, 7) is 10.0. The Balaban J connectivity index is 2.48. The van der Waals surface area contributed by atoms with Gasteiger partial charge in [-0.2, -0.15) is 0 Å². The van der Waals surface area contributed by atoms with E-state index < -0.39 is 11.6 Å². The van der Waals surface area contributed by atoms with Gasteiger partial charge in [0.1, 0.15) is 6.61 Å². The predicted molar refractivity (Wildman–Crippen MR) is 84.3 cm³/mol. The Bertz CT molecular complexity index is 500. The Morgan fingerprint density at radius 1 is 1.13 bits per heavy atom. The summed E-state index contributed by atoms with van der Waals surface area (Å²) in [6.07, 6.45) is 1.34. The van der Waals surface area contributed by atoms with Crippen LogP contribution in [-0.4, -0.2) is 45.3 Å². The highest BCUT2D eigenvalue weighted by molar-refractivity contribution is 5.71. The summed E-state index contributed by atoms with van der Waals surface area (Å²) in [5.41, 5.74) is -0.748. The van der Waals surface area contributed by atoms with Crippen molar-refractivity contribution in [2.45, 2.75) is 58.7 Å². The number of aromatic nitrogens is 1. The van der Waals surface area contributed by atoms with E-state index in [-0.39, 0.29) is 24.0 Å². The molecule has 0 fully saturated rings. The first-order valence-corrected chi connectivity index (χ1v) is 7.65. The zero-order valence-corrected chi connectivity index (χ0v) is 14.5. The maximum Gasteiger partial charge on any atom is 0.358 e. The molecule has 0 radical (unpaired) electrons. The van der Waals surface area contributed by atoms with E-state index in [0.717, 1.165) is 0 Å². The summed E-state index contributed by atoms with van der Waals surface area (Å²) in [4.78, 5) is 16.6. The Kier molecular flexibility index (Phi) is 6.47. The third kappa shape index (κ3) is 6.50. The molecule has 1 unspecified atom stereocenters. The van der Waals surface area contributed by atoms with Gasteiger partial charge in [0.25, 0.3) is 0 Å². The third-order valence-corrected chi connectivity index (χ3v) is 3.44. The van der Waals surface area contributed by atoms with Crippen LogP contribution in [0.25, 0.3) is 0 Å². The second-order valence-electron chi connectivity index (χ2n) is 6.61. The van der Waals surface area contributed by atoms with Crippen molar-refractivity contribution in [1.82, 2.24) is 4.73 Å². The van der Waals surface area contributed by atoms with Gasteiger partial charge in [0.05, 0.1) is 17.8 Å². The molecular formula is C16H27NO6. The first kappa shape index (κ1) is 19.3. The molecule has 1 heterocycles. The van der Waals surface area contributed by atoms with Gasteiger partial charge in [-0.1, -0.05) is 6.92 Å². The summed E-state index contributed by atoms with van der Waals surface area (Å²) in [7, 11) is 0. The first-order chi connectivity index (χ1) is 10.6. The van der Waals surface area contributed by atoms with Crippen LogP contribution in [0.3, 0.4) is 0 Å². The molecule has 2 N–H and O–H groups in total. The highest BCUT2D eigenvalue weighted by Crippen LogP contribution is 2.22. The molecule has 7 heteroatoms. The molecule has 0 saturated carbocycles. The molecule has 0 aromatic carbocycles. The molecule has 1 aromatic rings. The van der Waals surface area contributed by atoms with E-state index in [1.165, 1.54) is 12.1 Å². The molecule has 1 atom stereocenters. The lowest BCUT2D eigenvalue weighted by atomic mass is 9.99. The van der Waals surface area contributed by atoms with Crippen molar-refractivity contribution in [2.24, 2.45) is 0 Å². The number of carbonyl (C=O) groups is 1. The Morgan fingerprint density at radius 2 is 1.70 bits per heavy atom. The molecule has 0 aliphatic carbocycles. The van der Waals surface area contributed by atoms with E-state index in [0.29, 0.717) is 24.2 Å². The second-order valence-corrected chi connectivity index (χ2v) is 6.61. The van der Waals surface area contributed by atoms with Gasteiger partial charge in [0.15, 0.2) is 0 Å². The predicted octanol–water partition coefficient (Wildman–Crippen LogP) is 2.25. The fourth-order valence-corrected chi connectivity index (χ4v) is 1.78. The van der Waals surface area contributed by atoms with Crippen molar-refractivity contribution in [3.63, 3.8) is 0 Å². The summed E-state index contributed by atoms with van der Waals surface area (Å²) in [5, 5.41) is 18.8. The lowest BCUT2D eigenvalue weighted by Crippen LogP contribution is -2.35. The molecule has 0 aliphatic heterocycles. The molecule has 0 aliphatic rings. The van der Waals surface area contributed by atoms with Crippen molar-refractivity contribution < 1.29 is 29.3 Å². The second kappa shape index (κ2) is 7.70. The fourth-order valence-electron chi connectivity index (χ4n) is 1.78. The van der Waals surface area contributed by atoms with Crippen LogP contribution in [0.4, 0.5) is 0 Å². The molecule has 1 aromatic heterocycles. The van der Waals surface area contributed by atoms with E-state index >= 15 is 0 Å².